The van der Waals surface area contributed by atoms with Gasteiger partial charge in [-0.2, -0.15) is 10.4 Å². The first-order valence-corrected chi connectivity index (χ1v) is 10.4. The molecule has 0 amide bonds. The van der Waals surface area contributed by atoms with Crippen molar-refractivity contribution in [2.45, 2.75) is 58.5 Å². The highest BCUT2D eigenvalue weighted by atomic mass is 15.6. The second-order valence-electron chi connectivity index (χ2n) is 7.40. The molecule has 1 aliphatic rings. The van der Waals surface area contributed by atoms with E-state index in [4.69, 9.17) is 5.10 Å². The number of nitrogens with zero attached hydrogens (tertiary/aromatic N) is 4. The minimum atomic E-state index is 0.282. The van der Waals surface area contributed by atoms with Gasteiger partial charge in [0.15, 0.2) is 0 Å². The van der Waals surface area contributed by atoms with E-state index in [0.29, 0.717) is 5.56 Å². The van der Waals surface area contributed by atoms with Gasteiger partial charge < -0.3 is 4.90 Å². The number of rotatable bonds is 8. The average molecular weight is 375 g/mol. The van der Waals surface area contributed by atoms with Gasteiger partial charge in [-0.05, 0) is 48.6 Å². The third-order valence-corrected chi connectivity index (χ3v) is 5.42. The van der Waals surface area contributed by atoms with Crippen LogP contribution in [0.5, 0.6) is 0 Å². The third kappa shape index (κ3) is 4.20. The Balaban J connectivity index is 1.87. The Hall–Kier alpha value is -2.80. The molecule has 0 saturated carbocycles. The lowest BCUT2D eigenvalue weighted by Crippen LogP contribution is -2.39. The summed E-state index contributed by atoms with van der Waals surface area (Å²) in [5.41, 5.74) is 3.85. The van der Waals surface area contributed by atoms with E-state index in [1.54, 1.807) is 0 Å². The minimum Gasteiger partial charge on any atom is -0.340 e. The number of benzene rings is 2. The molecule has 2 aromatic carbocycles. The van der Waals surface area contributed by atoms with Gasteiger partial charge in [-0.15, -0.1) is 0 Å². The maximum absolute atomic E-state index is 9.37. The largest absolute Gasteiger partial charge is 0.340 e. The van der Waals surface area contributed by atoms with Gasteiger partial charge in [0.2, 0.25) is 0 Å². The molecule has 0 fully saturated rings. The molecule has 0 saturated heterocycles. The van der Waals surface area contributed by atoms with Gasteiger partial charge in [-0.3, -0.25) is 0 Å². The maximum Gasteiger partial charge on any atom is 0.126 e. The van der Waals surface area contributed by atoms with Gasteiger partial charge in [0.05, 0.1) is 17.3 Å². The average Bonchev–Trinajstić information content (AvgIpc) is 3.06. The van der Waals surface area contributed by atoms with Crippen LogP contribution in [-0.2, 0) is 0 Å². The molecule has 1 aliphatic heterocycles. The lowest BCUT2D eigenvalue weighted by Gasteiger charge is -2.29. The zero-order valence-electron chi connectivity index (χ0n) is 17.2. The quantitative estimate of drug-likeness (QED) is 0.569. The zero-order valence-corrected chi connectivity index (χ0v) is 17.2. The van der Waals surface area contributed by atoms with Gasteiger partial charge in [-0.1, -0.05) is 57.0 Å². The molecular weight excluding hydrogens is 344 g/mol. The number of amidine groups is 1. The topological polar surface area (TPSA) is 42.6 Å². The second-order valence-corrected chi connectivity index (χ2v) is 7.40. The summed E-state index contributed by atoms with van der Waals surface area (Å²) in [6, 6.07) is 18.5. The predicted molar refractivity (Wildman–Crippen MR) is 117 cm³/mol. The molecule has 4 heteroatoms. The minimum absolute atomic E-state index is 0.282. The van der Waals surface area contributed by atoms with Crippen molar-refractivity contribution in [1.82, 2.24) is 4.90 Å². The molecule has 4 nitrogen and oxygen atoms in total. The molecule has 1 heterocycles. The number of hydrogen-bond acceptors (Lipinski definition) is 4. The van der Waals surface area contributed by atoms with Crippen LogP contribution in [-0.4, -0.2) is 23.9 Å². The zero-order chi connectivity index (χ0) is 19.9. The maximum atomic E-state index is 9.37. The SMILES string of the molecule is CCCCC1=NN(c2ccc(-c3ccccc3C#N)cc2)C(CCCC)N1C. The fraction of sp³-hybridized carbons (Fsp3) is 0.417. The fourth-order valence-corrected chi connectivity index (χ4v) is 3.72. The Morgan fingerprint density at radius 1 is 1.00 bits per heavy atom. The first kappa shape index (κ1) is 19.9. The van der Waals surface area contributed by atoms with Gasteiger partial charge in [0, 0.05) is 13.5 Å². The number of nitriles is 1. The van der Waals surface area contributed by atoms with E-state index in [0.717, 1.165) is 29.7 Å². The van der Waals surface area contributed by atoms with Crippen molar-refractivity contribution in [3.63, 3.8) is 0 Å². The molecule has 0 spiro atoms. The Morgan fingerprint density at radius 2 is 1.71 bits per heavy atom. The Labute approximate surface area is 169 Å². The van der Waals surface area contributed by atoms with E-state index in [-0.39, 0.29) is 6.17 Å². The van der Waals surface area contributed by atoms with E-state index in [1.807, 2.05) is 24.3 Å². The van der Waals surface area contributed by atoms with Crippen molar-refractivity contribution in [2.24, 2.45) is 5.10 Å². The van der Waals surface area contributed by atoms with Crippen LogP contribution in [0.1, 0.15) is 57.9 Å². The van der Waals surface area contributed by atoms with E-state index in [1.165, 1.54) is 31.5 Å². The molecule has 0 radical (unpaired) electrons. The van der Waals surface area contributed by atoms with E-state index >= 15 is 0 Å². The number of hydrazone groups is 1. The van der Waals surface area contributed by atoms with Gasteiger partial charge in [0.1, 0.15) is 12.0 Å². The standard InChI is InChI=1S/C24H30N4/c1-4-6-12-23-26-28(24(27(23)3)13-7-5-2)21-16-14-19(15-17-21)22-11-9-8-10-20(22)18-25/h8-11,14-17,24H,4-7,12-13H2,1-3H3. The van der Waals surface area contributed by atoms with Crippen LogP contribution in [0.3, 0.4) is 0 Å². The van der Waals surface area contributed by atoms with Crippen molar-refractivity contribution in [3.8, 4) is 17.2 Å². The number of hydrogen-bond donors (Lipinski definition) is 0. The summed E-state index contributed by atoms with van der Waals surface area (Å²) in [6.07, 6.45) is 7.14. The van der Waals surface area contributed by atoms with Crippen molar-refractivity contribution in [3.05, 3.63) is 54.1 Å². The van der Waals surface area contributed by atoms with Crippen LogP contribution >= 0.6 is 0 Å². The van der Waals surface area contributed by atoms with Crippen LogP contribution in [0.15, 0.2) is 53.6 Å². The highest BCUT2D eigenvalue weighted by Crippen LogP contribution is 2.31. The lowest BCUT2D eigenvalue weighted by molar-refractivity contribution is 0.351. The predicted octanol–water partition coefficient (Wildman–Crippen LogP) is 6.00. The molecule has 1 unspecified atom stereocenters. The summed E-state index contributed by atoms with van der Waals surface area (Å²) < 4.78 is 0. The van der Waals surface area contributed by atoms with Gasteiger partial charge in [0.25, 0.3) is 0 Å². The summed E-state index contributed by atoms with van der Waals surface area (Å²) in [5.74, 6) is 1.18. The first-order valence-electron chi connectivity index (χ1n) is 10.4. The molecule has 146 valence electrons. The molecule has 0 aromatic heterocycles. The van der Waals surface area contributed by atoms with Crippen LogP contribution in [0, 0.1) is 11.3 Å². The summed E-state index contributed by atoms with van der Waals surface area (Å²) in [6.45, 7) is 4.46. The van der Waals surface area contributed by atoms with Crippen molar-refractivity contribution in [2.75, 3.05) is 12.1 Å². The Bertz CT molecular complexity index is 848. The lowest BCUT2D eigenvalue weighted by atomic mass is 10.0. The second kappa shape index (κ2) is 9.41. The Kier molecular flexibility index (Phi) is 6.71. The number of unbranched alkanes of at least 4 members (excludes halogenated alkanes) is 2. The van der Waals surface area contributed by atoms with Crippen LogP contribution < -0.4 is 5.01 Å². The molecule has 0 bridgehead atoms. The molecule has 2 aromatic rings. The van der Waals surface area contributed by atoms with Crippen LogP contribution in [0.4, 0.5) is 5.69 Å². The smallest absolute Gasteiger partial charge is 0.126 e. The molecule has 0 aliphatic carbocycles. The number of anilines is 1. The molecule has 0 N–H and O–H groups in total. The van der Waals surface area contributed by atoms with Crippen LogP contribution in [0.25, 0.3) is 11.1 Å². The summed E-state index contributed by atoms with van der Waals surface area (Å²) >= 11 is 0. The van der Waals surface area contributed by atoms with Gasteiger partial charge >= 0.3 is 0 Å². The summed E-state index contributed by atoms with van der Waals surface area (Å²) in [5, 5.41) is 16.5. The molecular formula is C24H30N4. The summed E-state index contributed by atoms with van der Waals surface area (Å²) in [7, 11) is 2.17. The Morgan fingerprint density at radius 3 is 2.39 bits per heavy atom. The first-order chi connectivity index (χ1) is 13.7. The monoisotopic (exact) mass is 374 g/mol. The van der Waals surface area contributed by atoms with Gasteiger partial charge in [-0.25, -0.2) is 5.01 Å². The molecule has 28 heavy (non-hydrogen) atoms. The van der Waals surface area contributed by atoms with E-state index < -0.39 is 0 Å². The van der Waals surface area contributed by atoms with E-state index in [2.05, 4.69) is 61.1 Å². The molecule has 3 rings (SSSR count). The highest BCUT2D eigenvalue weighted by Gasteiger charge is 2.31. The van der Waals surface area contributed by atoms with Crippen molar-refractivity contribution >= 4 is 11.5 Å². The van der Waals surface area contributed by atoms with E-state index in [9.17, 15) is 5.26 Å². The molecule has 1 atom stereocenters. The normalized spacial score (nSPS) is 16.2. The highest BCUT2D eigenvalue weighted by molar-refractivity contribution is 5.86. The summed E-state index contributed by atoms with van der Waals surface area (Å²) in [4.78, 5) is 2.35. The van der Waals surface area contributed by atoms with Crippen molar-refractivity contribution in [1.29, 1.82) is 5.26 Å². The fourth-order valence-electron chi connectivity index (χ4n) is 3.72. The van der Waals surface area contributed by atoms with Crippen molar-refractivity contribution < 1.29 is 0 Å². The van der Waals surface area contributed by atoms with Crippen LogP contribution in [0.2, 0.25) is 0 Å². The third-order valence-electron chi connectivity index (χ3n) is 5.42.